The van der Waals surface area contributed by atoms with Crippen LogP contribution in [0, 0.1) is 13.8 Å². The second-order valence-corrected chi connectivity index (χ2v) is 8.85. The van der Waals surface area contributed by atoms with Gasteiger partial charge < -0.3 is 10.2 Å². The number of nitrogens with zero attached hydrogens (tertiary/aromatic N) is 3. The fourth-order valence-corrected chi connectivity index (χ4v) is 5.46. The highest BCUT2D eigenvalue weighted by atomic mass is 32.1. The van der Waals surface area contributed by atoms with E-state index in [2.05, 4.69) is 16.4 Å². The largest absolute Gasteiger partial charge is 0.327 e. The third-order valence-electron chi connectivity index (χ3n) is 5.86. The molecule has 28 heavy (non-hydrogen) atoms. The number of aromatic nitrogens is 1. The van der Waals surface area contributed by atoms with Crippen LogP contribution in [-0.4, -0.2) is 51.8 Å². The van der Waals surface area contributed by atoms with Gasteiger partial charge in [0.1, 0.15) is 12.1 Å². The normalized spacial score (nSPS) is 19.1. The van der Waals surface area contributed by atoms with E-state index in [4.69, 9.17) is 0 Å². The molecule has 1 spiro atoms. The van der Waals surface area contributed by atoms with Crippen molar-refractivity contribution in [2.45, 2.75) is 51.5 Å². The highest BCUT2D eigenvalue weighted by molar-refractivity contribution is 7.22. The van der Waals surface area contributed by atoms with E-state index >= 15 is 0 Å². The summed E-state index contributed by atoms with van der Waals surface area (Å²) in [4.78, 5) is 45.3. The molecule has 7 nitrogen and oxygen atoms in total. The monoisotopic (exact) mass is 400 g/mol. The zero-order valence-corrected chi connectivity index (χ0v) is 17.2. The Morgan fingerprint density at radius 3 is 2.64 bits per heavy atom. The number of carbonyl (C=O) groups is 3. The van der Waals surface area contributed by atoms with E-state index in [0.717, 1.165) is 45.5 Å². The quantitative estimate of drug-likeness (QED) is 0.800. The van der Waals surface area contributed by atoms with Crippen LogP contribution in [0.1, 0.15) is 43.2 Å². The molecule has 2 aliphatic rings. The molecule has 2 aromatic rings. The Balaban J connectivity index is 1.50. The van der Waals surface area contributed by atoms with Crippen LogP contribution in [-0.2, 0) is 9.59 Å². The number of rotatable bonds is 3. The molecule has 0 bridgehead atoms. The van der Waals surface area contributed by atoms with E-state index in [9.17, 15) is 14.4 Å². The van der Waals surface area contributed by atoms with Crippen LogP contribution in [0.15, 0.2) is 12.1 Å². The number of aryl methyl sites for hydroxylation is 2. The first-order valence-corrected chi connectivity index (χ1v) is 10.4. The number of anilines is 1. The average molecular weight is 401 g/mol. The molecule has 0 atom stereocenters. The molecule has 1 aliphatic carbocycles. The summed E-state index contributed by atoms with van der Waals surface area (Å²) in [6.07, 6.45) is 4.27. The van der Waals surface area contributed by atoms with Crippen LogP contribution in [0.2, 0.25) is 0 Å². The van der Waals surface area contributed by atoms with Crippen molar-refractivity contribution >= 4 is 44.5 Å². The lowest BCUT2D eigenvalue weighted by Gasteiger charge is -2.35. The second kappa shape index (κ2) is 6.84. The third kappa shape index (κ3) is 2.96. The van der Waals surface area contributed by atoms with Crippen molar-refractivity contribution in [1.29, 1.82) is 0 Å². The standard InChI is InChI=1S/C20H24N4O3S/c1-12-9-13(2)16-14(10-12)28-18(22-16)21-15(25)11-24-17(26)20(23(3)19(24)27)7-5-4-6-8-20/h9-10H,4-8,11H2,1-3H3,(H,21,22,25). The van der Waals surface area contributed by atoms with Gasteiger partial charge in [0, 0.05) is 7.05 Å². The lowest BCUT2D eigenvalue weighted by atomic mass is 9.81. The summed E-state index contributed by atoms with van der Waals surface area (Å²) in [5.74, 6) is -0.651. The Morgan fingerprint density at radius 1 is 1.21 bits per heavy atom. The molecule has 0 unspecified atom stereocenters. The first kappa shape index (κ1) is 18.9. The zero-order chi connectivity index (χ0) is 20.1. The van der Waals surface area contributed by atoms with Gasteiger partial charge in [-0.3, -0.25) is 14.5 Å². The van der Waals surface area contributed by atoms with Gasteiger partial charge in [-0.25, -0.2) is 9.78 Å². The molecule has 1 saturated heterocycles. The summed E-state index contributed by atoms with van der Waals surface area (Å²) in [5, 5.41) is 3.24. The van der Waals surface area contributed by atoms with Crippen LogP contribution in [0.5, 0.6) is 0 Å². The van der Waals surface area contributed by atoms with Crippen molar-refractivity contribution in [2.24, 2.45) is 0 Å². The Labute approximate surface area is 167 Å². The van der Waals surface area contributed by atoms with E-state index in [0.29, 0.717) is 18.0 Å². The lowest BCUT2D eigenvalue weighted by molar-refractivity contribution is -0.136. The Bertz CT molecular complexity index is 977. The Morgan fingerprint density at radius 2 is 1.93 bits per heavy atom. The number of hydrogen-bond acceptors (Lipinski definition) is 5. The number of hydrogen-bond donors (Lipinski definition) is 1. The van der Waals surface area contributed by atoms with Crippen molar-refractivity contribution < 1.29 is 14.4 Å². The predicted molar refractivity (Wildman–Crippen MR) is 108 cm³/mol. The van der Waals surface area contributed by atoms with Crippen LogP contribution >= 0.6 is 11.3 Å². The van der Waals surface area contributed by atoms with E-state index < -0.39 is 17.5 Å². The number of likely N-dealkylation sites (N-methyl/N-ethyl adjacent to an activating group) is 1. The van der Waals surface area contributed by atoms with Crippen molar-refractivity contribution in [3.63, 3.8) is 0 Å². The van der Waals surface area contributed by atoms with E-state index in [1.807, 2.05) is 19.9 Å². The lowest BCUT2D eigenvalue weighted by Crippen LogP contribution is -2.49. The molecule has 0 radical (unpaired) electrons. The van der Waals surface area contributed by atoms with E-state index in [1.165, 1.54) is 16.2 Å². The van der Waals surface area contributed by atoms with Gasteiger partial charge in [-0.05, 0) is 43.9 Å². The molecule has 148 valence electrons. The maximum atomic E-state index is 13.0. The molecule has 1 aromatic carbocycles. The highest BCUT2D eigenvalue weighted by Gasteiger charge is 2.55. The summed E-state index contributed by atoms with van der Waals surface area (Å²) in [6.45, 7) is 3.73. The number of benzene rings is 1. The van der Waals surface area contributed by atoms with Gasteiger partial charge in [0.05, 0.1) is 10.2 Å². The first-order chi connectivity index (χ1) is 13.3. The molecule has 4 rings (SSSR count). The van der Waals surface area contributed by atoms with Crippen molar-refractivity contribution in [1.82, 2.24) is 14.8 Å². The summed E-state index contributed by atoms with van der Waals surface area (Å²) in [6, 6.07) is 3.69. The van der Waals surface area contributed by atoms with Gasteiger partial charge >= 0.3 is 6.03 Å². The fraction of sp³-hybridized carbons (Fsp3) is 0.500. The van der Waals surface area contributed by atoms with Crippen molar-refractivity contribution in [3.05, 3.63) is 23.3 Å². The molecular formula is C20H24N4O3S. The summed E-state index contributed by atoms with van der Waals surface area (Å²) in [7, 11) is 1.67. The van der Waals surface area contributed by atoms with Gasteiger partial charge in [0.2, 0.25) is 5.91 Å². The first-order valence-electron chi connectivity index (χ1n) is 9.59. The fourth-order valence-electron chi connectivity index (χ4n) is 4.40. The topological polar surface area (TPSA) is 82.6 Å². The van der Waals surface area contributed by atoms with Gasteiger partial charge in [0.15, 0.2) is 5.13 Å². The van der Waals surface area contributed by atoms with Gasteiger partial charge in [-0.1, -0.05) is 36.7 Å². The molecule has 8 heteroatoms. The molecule has 4 amide bonds. The summed E-state index contributed by atoms with van der Waals surface area (Å²) in [5.41, 5.74) is 2.29. The SMILES string of the molecule is Cc1cc(C)c2nc(NC(=O)CN3C(=O)N(C)C4(CCCCC4)C3=O)sc2c1. The Hall–Kier alpha value is -2.48. The molecular weight excluding hydrogens is 376 g/mol. The van der Waals surface area contributed by atoms with Crippen LogP contribution < -0.4 is 5.32 Å². The van der Waals surface area contributed by atoms with Crippen molar-refractivity contribution in [3.8, 4) is 0 Å². The molecule has 1 aliphatic heterocycles. The zero-order valence-electron chi connectivity index (χ0n) is 16.4. The number of fused-ring (bicyclic) bond motifs is 1. The van der Waals surface area contributed by atoms with Crippen molar-refractivity contribution in [2.75, 3.05) is 18.9 Å². The summed E-state index contributed by atoms with van der Waals surface area (Å²) >= 11 is 1.39. The van der Waals surface area contributed by atoms with Gasteiger partial charge in [-0.15, -0.1) is 0 Å². The molecule has 1 saturated carbocycles. The predicted octanol–water partition coefficient (Wildman–Crippen LogP) is 3.45. The second-order valence-electron chi connectivity index (χ2n) is 7.82. The third-order valence-corrected chi connectivity index (χ3v) is 6.78. The maximum absolute atomic E-state index is 13.0. The number of carbonyl (C=O) groups excluding carboxylic acids is 3. The number of nitrogens with one attached hydrogen (secondary N) is 1. The number of amides is 4. The minimum absolute atomic E-state index is 0.245. The number of urea groups is 1. The van der Waals surface area contributed by atoms with Crippen LogP contribution in [0.4, 0.5) is 9.93 Å². The molecule has 1 aromatic heterocycles. The average Bonchev–Trinajstić information content (AvgIpc) is 3.13. The minimum atomic E-state index is -0.764. The number of imide groups is 1. The maximum Gasteiger partial charge on any atom is 0.327 e. The van der Waals surface area contributed by atoms with Gasteiger partial charge in [-0.2, -0.15) is 0 Å². The molecule has 2 heterocycles. The van der Waals surface area contributed by atoms with E-state index in [1.54, 1.807) is 7.05 Å². The highest BCUT2D eigenvalue weighted by Crippen LogP contribution is 2.39. The Kier molecular flexibility index (Phi) is 4.61. The van der Waals surface area contributed by atoms with Crippen LogP contribution in [0.3, 0.4) is 0 Å². The summed E-state index contributed by atoms with van der Waals surface area (Å²) < 4.78 is 1.00. The number of thiazole rings is 1. The van der Waals surface area contributed by atoms with Crippen LogP contribution in [0.25, 0.3) is 10.2 Å². The minimum Gasteiger partial charge on any atom is -0.313 e. The van der Waals surface area contributed by atoms with Gasteiger partial charge in [0.25, 0.3) is 5.91 Å². The smallest absolute Gasteiger partial charge is 0.313 e. The molecule has 1 N–H and O–H groups in total. The van der Waals surface area contributed by atoms with E-state index in [-0.39, 0.29) is 12.5 Å². The molecule has 2 fully saturated rings.